The summed E-state index contributed by atoms with van der Waals surface area (Å²) in [6.45, 7) is 0.205. The van der Waals surface area contributed by atoms with Gasteiger partial charge in [-0.3, -0.25) is 24.7 Å². The van der Waals surface area contributed by atoms with Gasteiger partial charge in [-0.05, 0) is 60.2 Å². The Kier molecular flexibility index (Phi) is 7.69. The first kappa shape index (κ1) is 24.9. The molecule has 0 saturated carbocycles. The molecule has 0 bridgehead atoms. The number of furan rings is 1. The number of methoxy groups -OCH3 is 1. The van der Waals surface area contributed by atoms with E-state index in [0.717, 1.165) is 5.56 Å². The Labute approximate surface area is 211 Å². The van der Waals surface area contributed by atoms with E-state index in [1.807, 2.05) is 0 Å². The van der Waals surface area contributed by atoms with Crippen molar-refractivity contribution < 1.29 is 23.7 Å². The van der Waals surface area contributed by atoms with Crippen molar-refractivity contribution in [3.05, 3.63) is 118 Å². The van der Waals surface area contributed by atoms with E-state index in [1.54, 1.807) is 79.1 Å². The van der Waals surface area contributed by atoms with Crippen molar-refractivity contribution in [2.24, 2.45) is 0 Å². The first-order valence-corrected chi connectivity index (χ1v) is 11.1. The Morgan fingerprint density at radius 2 is 1.76 bits per heavy atom. The molecule has 2 N–H and O–H groups in total. The molecule has 0 saturated heterocycles. The predicted octanol–water partition coefficient (Wildman–Crippen LogP) is 4.35. The molecule has 0 aliphatic heterocycles. The first-order chi connectivity index (χ1) is 17.9. The van der Waals surface area contributed by atoms with Gasteiger partial charge in [-0.25, -0.2) is 0 Å². The van der Waals surface area contributed by atoms with Crippen LogP contribution in [0.15, 0.2) is 95.3 Å². The van der Waals surface area contributed by atoms with E-state index in [9.17, 15) is 19.7 Å². The van der Waals surface area contributed by atoms with Crippen molar-refractivity contribution in [2.45, 2.75) is 6.54 Å². The number of nitro benzene ring substituents is 1. The highest BCUT2D eigenvalue weighted by Crippen LogP contribution is 2.31. The molecule has 2 aromatic carbocycles. The van der Waals surface area contributed by atoms with Gasteiger partial charge in [-0.2, -0.15) is 0 Å². The molecule has 0 atom stereocenters. The molecule has 0 unspecified atom stereocenters. The minimum atomic E-state index is -0.553. The lowest BCUT2D eigenvalue weighted by Crippen LogP contribution is -2.34. The summed E-state index contributed by atoms with van der Waals surface area (Å²) in [5.41, 5.74) is 1.24. The average molecular weight is 498 g/mol. The minimum Gasteiger partial charge on any atom is -0.497 e. The predicted molar refractivity (Wildman–Crippen MR) is 135 cm³/mol. The maximum Gasteiger partial charge on any atom is 0.280 e. The van der Waals surface area contributed by atoms with Gasteiger partial charge >= 0.3 is 0 Å². The molecule has 10 nitrogen and oxygen atoms in total. The van der Waals surface area contributed by atoms with E-state index < -0.39 is 16.7 Å². The SMILES string of the molecule is COc1ccc(C(=O)N/C(=C\c2ccc(-c3ccccc3[N+](=O)[O-])o2)C(=O)NCc2ccncc2)cc1. The van der Waals surface area contributed by atoms with Crippen LogP contribution in [-0.4, -0.2) is 28.8 Å². The van der Waals surface area contributed by atoms with Crippen molar-refractivity contribution in [1.82, 2.24) is 15.6 Å². The zero-order valence-electron chi connectivity index (χ0n) is 19.7. The van der Waals surface area contributed by atoms with E-state index >= 15 is 0 Å². The summed E-state index contributed by atoms with van der Waals surface area (Å²) in [6, 6.07) is 19.2. The van der Waals surface area contributed by atoms with E-state index in [4.69, 9.17) is 9.15 Å². The van der Waals surface area contributed by atoms with Crippen LogP contribution in [-0.2, 0) is 11.3 Å². The molecular formula is C27H22N4O6. The number of nitrogens with zero attached hydrogens (tertiary/aromatic N) is 2. The summed E-state index contributed by atoms with van der Waals surface area (Å²) >= 11 is 0. The van der Waals surface area contributed by atoms with Gasteiger partial charge in [0.1, 0.15) is 23.0 Å². The van der Waals surface area contributed by atoms with Gasteiger partial charge in [0.05, 0.1) is 17.6 Å². The Hall–Kier alpha value is -5.25. The highest BCUT2D eigenvalue weighted by Gasteiger charge is 2.19. The third-order valence-electron chi connectivity index (χ3n) is 5.33. The molecule has 2 aromatic heterocycles. The number of hydrogen-bond acceptors (Lipinski definition) is 7. The lowest BCUT2D eigenvalue weighted by molar-refractivity contribution is -0.384. The van der Waals surface area contributed by atoms with Crippen LogP contribution in [0, 0.1) is 10.1 Å². The van der Waals surface area contributed by atoms with Crippen molar-refractivity contribution in [3.63, 3.8) is 0 Å². The molecular weight excluding hydrogens is 476 g/mol. The van der Waals surface area contributed by atoms with E-state index in [2.05, 4.69) is 15.6 Å². The number of para-hydroxylation sites is 1. The van der Waals surface area contributed by atoms with Crippen LogP contribution in [0.2, 0.25) is 0 Å². The number of hydrogen-bond donors (Lipinski definition) is 2. The van der Waals surface area contributed by atoms with Crippen LogP contribution >= 0.6 is 0 Å². The zero-order valence-corrected chi connectivity index (χ0v) is 19.7. The van der Waals surface area contributed by atoms with E-state index in [0.29, 0.717) is 11.3 Å². The molecule has 10 heteroatoms. The quantitative estimate of drug-likeness (QED) is 0.199. The third-order valence-corrected chi connectivity index (χ3v) is 5.33. The van der Waals surface area contributed by atoms with Gasteiger partial charge in [0, 0.05) is 36.6 Å². The number of amides is 2. The summed E-state index contributed by atoms with van der Waals surface area (Å²) in [5, 5.41) is 16.8. The summed E-state index contributed by atoms with van der Waals surface area (Å²) in [6.07, 6.45) is 4.58. The van der Waals surface area contributed by atoms with Crippen molar-refractivity contribution in [1.29, 1.82) is 0 Å². The van der Waals surface area contributed by atoms with Gasteiger partial charge in [0.25, 0.3) is 17.5 Å². The Balaban J connectivity index is 1.61. The topological polar surface area (TPSA) is 137 Å². The summed E-state index contributed by atoms with van der Waals surface area (Å²) < 4.78 is 10.9. The van der Waals surface area contributed by atoms with Crippen LogP contribution in [0.4, 0.5) is 5.69 Å². The fraction of sp³-hybridized carbons (Fsp3) is 0.0741. The maximum atomic E-state index is 13.0. The smallest absolute Gasteiger partial charge is 0.280 e. The highest BCUT2D eigenvalue weighted by atomic mass is 16.6. The molecule has 4 aromatic rings. The standard InChI is InChI=1S/C27H22N4O6/c1-36-20-8-6-19(7-9-20)26(32)30-23(27(33)29-17-18-12-14-28-15-13-18)16-21-10-11-25(37-21)22-4-2-3-5-24(22)31(34)35/h2-16H,17H2,1H3,(H,29,33)(H,30,32)/b23-16-. The molecule has 2 amide bonds. The van der Waals surface area contributed by atoms with Gasteiger partial charge in [-0.1, -0.05) is 12.1 Å². The van der Waals surface area contributed by atoms with E-state index in [-0.39, 0.29) is 35.0 Å². The number of pyridine rings is 1. The summed E-state index contributed by atoms with van der Waals surface area (Å²) in [7, 11) is 1.52. The second-order valence-corrected chi connectivity index (χ2v) is 7.76. The number of aromatic nitrogens is 1. The second kappa shape index (κ2) is 11.5. The van der Waals surface area contributed by atoms with Crippen LogP contribution in [0.5, 0.6) is 5.75 Å². The largest absolute Gasteiger partial charge is 0.497 e. The molecule has 0 aliphatic carbocycles. The monoisotopic (exact) mass is 498 g/mol. The van der Waals surface area contributed by atoms with Gasteiger partial charge < -0.3 is 19.8 Å². The Morgan fingerprint density at radius 3 is 2.46 bits per heavy atom. The fourth-order valence-electron chi connectivity index (χ4n) is 3.43. The van der Waals surface area contributed by atoms with Crippen molar-refractivity contribution >= 4 is 23.6 Å². The number of nitro groups is 1. The van der Waals surface area contributed by atoms with Crippen molar-refractivity contribution in [2.75, 3.05) is 7.11 Å². The number of rotatable bonds is 9. The highest BCUT2D eigenvalue weighted by molar-refractivity contribution is 6.05. The maximum absolute atomic E-state index is 13.0. The number of nitrogens with one attached hydrogen (secondary N) is 2. The molecule has 186 valence electrons. The number of carbonyl (C=O) groups is 2. The Bertz CT molecular complexity index is 1450. The van der Waals surface area contributed by atoms with Crippen LogP contribution < -0.4 is 15.4 Å². The minimum absolute atomic E-state index is 0.0710. The van der Waals surface area contributed by atoms with Gasteiger partial charge in [0.2, 0.25) is 0 Å². The lowest BCUT2D eigenvalue weighted by atomic mass is 10.1. The summed E-state index contributed by atoms with van der Waals surface area (Å²) in [4.78, 5) is 40.8. The molecule has 0 aliphatic rings. The first-order valence-electron chi connectivity index (χ1n) is 11.1. The molecule has 0 fully saturated rings. The molecule has 0 spiro atoms. The Morgan fingerprint density at radius 1 is 1.03 bits per heavy atom. The number of ether oxygens (including phenoxy) is 1. The third kappa shape index (κ3) is 6.25. The molecule has 4 rings (SSSR count). The molecule has 2 heterocycles. The summed E-state index contributed by atoms with van der Waals surface area (Å²) in [5.74, 6) is -0.0184. The van der Waals surface area contributed by atoms with Gasteiger partial charge in [-0.15, -0.1) is 0 Å². The number of benzene rings is 2. The van der Waals surface area contributed by atoms with Crippen LogP contribution in [0.3, 0.4) is 0 Å². The molecule has 37 heavy (non-hydrogen) atoms. The second-order valence-electron chi connectivity index (χ2n) is 7.76. The fourth-order valence-corrected chi connectivity index (χ4v) is 3.43. The average Bonchev–Trinajstić information content (AvgIpc) is 3.40. The van der Waals surface area contributed by atoms with Crippen LogP contribution in [0.1, 0.15) is 21.7 Å². The van der Waals surface area contributed by atoms with E-state index in [1.165, 1.54) is 19.3 Å². The normalized spacial score (nSPS) is 11.0. The zero-order chi connectivity index (χ0) is 26.2. The van der Waals surface area contributed by atoms with Crippen molar-refractivity contribution in [3.8, 4) is 17.1 Å². The lowest BCUT2D eigenvalue weighted by Gasteiger charge is -2.11. The molecule has 0 radical (unpaired) electrons. The van der Waals surface area contributed by atoms with Crippen LogP contribution in [0.25, 0.3) is 17.4 Å². The number of carbonyl (C=O) groups excluding carboxylic acids is 2. The van der Waals surface area contributed by atoms with Gasteiger partial charge in [0.15, 0.2) is 0 Å².